The number of unbranched alkanes of at least 4 members (excludes halogenated alkanes) is 4. The molecule has 9 nitrogen and oxygen atoms in total. The van der Waals surface area contributed by atoms with E-state index in [0.29, 0.717) is 18.5 Å². The molecule has 0 saturated carbocycles. The van der Waals surface area contributed by atoms with E-state index in [1.165, 1.54) is 0 Å². The molecule has 40 heavy (non-hydrogen) atoms. The summed E-state index contributed by atoms with van der Waals surface area (Å²) in [6.07, 6.45) is 4.18. The second-order valence-corrected chi connectivity index (χ2v) is 11.5. The molecule has 0 aliphatic rings. The molecule has 0 saturated heterocycles. The van der Waals surface area contributed by atoms with Gasteiger partial charge in [-0.2, -0.15) is 0 Å². The van der Waals surface area contributed by atoms with Gasteiger partial charge in [-0.25, -0.2) is 4.79 Å². The summed E-state index contributed by atoms with van der Waals surface area (Å²) in [5.41, 5.74) is 0.885. The number of benzene rings is 1. The fraction of sp³-hybridized carbons (Fsp3) is 0.677. The van der Waals surface area contributed by atoms with Crippen molar-refractivity contribution in [3.05, 3.63) is 35.4 Å². The normalized spacial score (nSPS) is 12.8. The van der Waals surface area contributed by atoms with Gasteiger partial charge in [-0.1, -0.05) is 76.3 Å². The number of aryl methyl sites for hydroxylation is 1. The molecule has 0 aliphatic carbocycles. The van der Waals surface area contributed by atoms with Crippen LogP contribution in [0, 0.1) is 12.8 Å². The Bertz CT molecular complexity index is 957. The summed E-state index contributed by atoms with van der Waals surface area (Å²) in [4.78, 5) is 54.0. The van der Waals surface area contributed by atoms with Crippen LogP contribution in [0.4, 0.5) is 4.79 Å². The summed E-state index contributed by atoms with van der Waals surface area (Å²) in [6, 6.07) is 5.65. The maximum Gasteiger partial charge on any atom is 0.408 e. The average molecular weight is 562 g/mol. The lowest BCUT2D eigenvalue weighted by molar-refractivity contribution is -0.144. The van der Waals surface area contributed by atoms with Crippen molar-refractivity contribution in [2.24, 2.45) is 5.92 Å². The number of rotatable bonds is 16. The van der Waals surface area contributed by atoms with E-state index in [-0.39, 0.29) is 31.4 Å². The number of nitrogens with one attached hydrogen (secondary N) is 2. The maximum absolute atomic E-state index is 14.2. The Kier molecular flexibility index (Phi) is 15.3. The van der Waals surface area contributed by atoms with E-state index in [1.807, 2.05) is 45.0 Å². The number of hydrogen-bond acceptors (Lipinski definition) is 6. The summed E-state index contributed by atoms with van der Waals surface area (Å²) < 4.78 is 10.4. The van der Waals surface area contributed by atoms with Crippen LogP contribution in [0.15, 0.2) is 24.3 Å². The van der Waals surface area contributed by atoms with Crippen molar-refractivity contribution in [2.75, 3.05) is 19.7 Å². The number of hydrogen-bond donors (Lipinski definition) is 2. The zero-order chi connectivity index (χ0) is 30.3. The summed E-state index contributed by atoms with van der Waals surface area (Å²) in [5, 5.41) is 5.58. The minimum atomic E-state index is -0.942. The van der Waals surface area contributed by atoms with Gasteiger partial charge in [0.2, 0.25) is 11.8 Å². The predicted molar refractivity (Wildman–Crippen MR) is 157 cm³/mol. The van der Waals surface area contributed by atoms with Crippen molar-refractivity contribution in [1.29, 1.82) is 0 Å². The highest BCUT2D eigenvalue weighted by molar-refractivity contribution is 5.92. The van der Waals surface area contributed by atoms with Crippen LogP contribution in [0.25, 0.3) is 0 Å². The molecule has 0 heterocycles. The van der Waals surface area contributed by atoms with Crippen LogP contribution >= 0.6 is 0 Å². The largest absolute Gasteiger partial charge is 0.466 e. The van der Waals surface area contributed by atoms with E-state index in [0.717, 1.165) is 31.2 Å². The summed E-state index contributed by atoms with van der Waals surface area (Å²) in [5.74, 6) is -1.41. The van der Waals surface area contributed by atoms with Crippen molar-refractivity contribution in [2.45, 2.75) is 112 Å². The monoisotopic (exact) mass is 561 g/mol. The van der Waals surface area contributed by atoms with Crippen molar-refractivity contribution in [3.8, 4) is 0 Å². The molecule has 1 aromatic rings. The zero-order valence-corrected chi connectivity index (χ0v) is 25.8. The van der Waals surface area contributed by atoms with Crippen LogP contribution in [0.1, 0.15) is 104 Å². The van der Waals surface area contributed by atoms with Gasteiger partial charge >= 0.3 is 12.1 Å². The molecule has 0 spiro atoms. The van der Waals surface area contributed by atoms with E-state index >= 15 is 0 Å². The summed E-state index contributed by atoms with van der Waals surface area (Å²) >= 11 is 0. The number of alkyl carbamates (subject to hydrolysis) is 1. The highest BCUT2D eigenvalue weighted by Crippen LogP contribution is 2.26. The maximum atomic E-state index is 14.2. The third-order valence-corrected chi connectivity index (χ3v) is 6.24. The van der Waals surface area contributed by atoms with Gasteiger partial charge in [0, 0.05) is 13.1 Å². The predicted octanol–water partition coefficient (Wildman–Crippen LogP) is 5.45. The first kappa shape index (κ1) is 34.9. The summed E-state index contributed by atoms with van der Waals surface area (Å²) in [6.45, 7) is 15.5. The second-order valence-electron chi connectivity index (χ2n) is 11.5. The molecule has 0 fully saturated rings. The second kappa shape index (κ2) is 17.6. The molecule has 9 heteroatoms. The zero-order valence-electron chi connectivity index (χ0n) is 25.8. The number of esters is 1. The molecule has 1 aromatic carbocycles. The average Bonchev–Trinajstić information content (AvgIpc) is 2.85. The van der Waals surface area contributed by atoms with Gasteiger partial charge < -0.3 is 25.0 Å². The fourth-order valence-corrected chi connectivity index (χ4v) is 4.31. The first-order chi connectivity index (χ1) is 18.8. The molecule has 0 bridgehead atoms. The Labute approximate surface area is 240 Å². The first-order valence-corrected chi connectivity index (χ1v) is 14.6. The molecule has 2 N–H and O–H groups in total. The number of nitrogens with zero attached hydrogens (tertiary/aromatic N) is 1. The molecular formula is C31H51N3O6. The molecule has 2 atom stereocenters. The number of ether oxygens (including phenoxy) is 2. The topological polar surface area (TPSA) is 114 Å². The van der Waals surface area contributed by atoms with Gasteiger partial charge in [0.25, 0.3) is 0 Å². The third-order valence-electron chi connectivity index (χ3n) is 6.24. The van der Waals surface area contributed by atoms with Crippen LogP contribution in [-0.4, -0.2) is 60.1 Å². The lowest BCUT2D eigenvalue weighted by Crippen LogP contribution is -2.55. The molecule has 2 unspecified atom stereocenters. The van der Waals surface area contributed by atoms with Gasteiger partial charge in [0.1, 0.15) is 17.7 Å². The minimum absolute atomic E-state index is 0.0277. The molecule has 226 valence electrons. The van der Waals surface area contributed by atoms with Crippen LogP contribution in [-0.2, 0) is 23.9 Å². The van der Waals surface area contributed by atoms with Gasteiger partial charge in [0.05, 0.1) is 13.0 Å². The Balaban J connectivity index is 3.39. The Morgan fingerprint density at radius 2 is 1.68 bits per heavy atom. The van der Waals surface area contributed by atoms with Crippen LogP contribution in [0.2, 0.25) is 0 Å². The number of amides is 3. The standard InChI is InChI=1S/C31H51N3O6/c1-9-11-12-13-14-20-34(29(37)26(22(3)4)33-30(38)40-31(6,7)8)27(24-17-15-16-23(5)21-24)28(36)32-19-18-25(35)39-10-2/h15-17,21-22,26-27H,9-14,18-20H2,1-8H3,(H,32,36)(H,33,38). The van der Waals surface area contributed by atoms with E-state index in [4.69, 9.17) is 9.47 Å². The SMILES string of the molecule is CCCCCCCN(C(=O)C(NC(=O)OC(C)(C)C)C(C)C)C(C(=O)NCCC(=O)OCC)c1cccc(C)c1. The quantitative estimate of drug-likeness (QED) is 0.205. The highest BCUT2D eigenvalue weighted by Gasteiger charge is 2.37. The van der Waals surface area contributed by atoms with Crippen molar-refractivity contribution in [1.82, 2.24) is 15.5 Å². The number of carbonyl (C=O) groups is 4. The molecule has 1 rings (SSSR count). The lowest BCUT2D eigenvalue weighted by atomic mass is 9.97. The van der Waals surface area contributed by atoms with Gasteiger partial charge in [0.15, 0.2) is 0 Å². The fourth-order valence-electron chi connectivity index (χ4n) is 4.31. The number of carbonyl (C=O) groups excluding carboxylic acids is 4. The van der Waals surface area contributed by atoms with Gasteiger partial charge in [-0.05, 0) is 52.5 Å². The van der Waals surface area contributed by atoms with E-state index in [2.05, 4.69) is 17.6 Å². The molecular weight excluding hydrogens is 510 g/mol. The smallest absolute Gasteiger partial charge is 0.408 e. The lowest BCUT2D eigenvalue weighted by Gasteiger charge is -2.35. The van der Waals surface area contributed by atoms with E-state index in [1.54, 1.807) is 32.6 Å². The Morgan fingerprint density at radius 3 is 2.25 bits per heavy atom. The molecule has 0 radical (unpaired) electrons. The van der Waals surface area contributed by atoms with Crippen molar-refractivity contribution in [3.63, 3.8) is 0 Å². The van der Waals surface area contributed by atoms with Crippen LogP contribution < -0.4 is 10.6 Å². The Hall–Kier alpha value is -3.10. The molecule has 0 aliphatic heterocycles. The minimum Gasteiger partial charge on any atom is -0.466 e. The van der Waals surface area contributed by atoms with Gasteiger partial charge in [-0.3, -0.25) is 14.4 Å². The highest BCUT2D eigenvalue weighted by atomic mass is 16.6. The first-order valence-electron chi connectivity index (χ1n) is 14.6. The van der Waals surface area contributed by atoms with Gasteiger partial charge in [-0.15, -0.1) is 0 Å². The van der Waals surface area contributed by atoms with Crippen LogP contribution in [0.3, 0.4) is 0 Å². The van der Waals surface area contributed by atoms with Crippen LogP contribution in [0.5, 0.6) is 0 Å². The third kappa shape index (κ3) is 12.8. The molecule has 0 aromatic heterocycles. The van der Waals surface area contributed by atoms with E-state index in [9.17, 15) is 19.2 Å². The summed E-state index contributed by atoms with van der Waals surface area (Å²) in [7, 11) is 0. The molecule has 3 amide bonds. The van der Waals surface area contributed by atoms with E-state index < -0.39 is 35.7 Å². The van der Waals surface area contributed by atoms with Crippen molar-refractivity contribution >= 4 is 23.9 Å². The Morgan fingerprint density at radius 1 is 1.00 bits per heavy atom. The van der Waals surface area contributed by atoms with Crippen molar-refractivity contribution < 1.29 is 28.7 Å².